The second-order valence-corrected chi connectivity index (χ2v) is 3.64. The Morgan fingerprint density at radius 3 is 2.76 bits per heavy atom. The van der Waals surface area contributed by atoms with Crippen LogP contribution in [0.3, 0.4) is 0 Å². The van der Waals surface area contributed by atoms with Gasteiger partial charge >= 0.3 is 0 Å². The molecule has 0 atom stereocenters. The number of nitrogens with one attached hydrogen (secondary N) is 1. The van der Waals surface area contributed by atoms with Crippen molar-refractivity contribution in [3.05, 3.63) is 48.0 Å². The predicted octanol–water partition coefficient (Wildman–Crippen LogP) is 1.31. The van der Waals surface area contributed by atoms with E-state index >= 15 is 0 Å². The van der Waals surface area contributed by atoms with Crippen molar-refractivity contribution in [2.24, 2.45) is 5.84 Å². The Bertz CT molecular complexity index is 377. The smallest absolute Gasteiger partial charge is 0.238 e. The molecule has 0 unspecified atom stereocenters. The van der Waals surface area contributed by atoms with Gasteiger partial charge in [0.1, 0.15) is 0 Å². The van der Waals surface area contributed by atoms with Crippen LogP contribution in [0.1, 0.15) is 17.5 Å². The molecule has 0 fully saturated rings. The summed E-state index contributed by atoms with van der Waals surface area (Å²) in [5, 5.41) is 0. The standard InChI is InChI=1S/C13H18N2O2/c1-2-3-8-17-10-12-7-5-4-6-11(12)9-13(16)15-14/h2,4-7H,1,3,8-10,14H2,(H,15,16). The molecular formula is C13H18N2O2. The summed E-state index contributed by atoms with van der Waals surface area (Å²) in [4.78, 5) is 11.2. The van der Waals surface area contributed by atoms with Crippen LogP contribution < -0.4 is 11.3 Å². The number of nitrogens with two attached hydrogens (primary N) is 1. The van der Waals surface area contributed by atoms with E-state index in [4.69, 9.17) is 10.6 Å². The summed E-state index contributed by atoms with van der Waals surface area (Å²) in [6, 6.07) is 7.68. The Morgan fingerprint density at radius 1 is 1.41 bits per heavy atom. The molecule has 4 nitrogen and oxygen atoms in total. The van der Waals surface area contributed by atoms with E-state index in [1.807, 2.05) is 30.3 Å². The van der Waals surface area contributed by atoms with Gasteiger partial charge in [0.05, 0.1) is 19.6 Å². The summed E-state index contributed by atoms with van der Waals surface area (Å²) in [6.45, 7) is 4.77. The molecule has 0 heterocycles. The minimum atomic E-state index is -0.205. The molecule has 1 amide bonds. The Labute approximate surface area is 101 Å². The third-order valence-electron chi connectivity index (χ3n) is 2.35. The molecular weight excluding hydrogens is 216 g/mol. The number of ether oxygens (including phenoxy) is 1. The molecule has 0 aliphatic rings. The van der Waals surface area contributed by atoms with Gasteiger partial charge in [-0.1, -0.05) is 30.3 Å². The van der Waals surface area contributed by atoms with Gasteiger partial charge in [-0.25, -0.2) is 5.84 Å². The first-order valence-electron chi connectivity index (χ1n) is 5.52. The molecule has 0 saturated heterocycles. The second kappa shape index (κ2) is 7.60. The van der Waals surface area contributed by atoms with E-state index in [9.17, 15) is 4.79 Å². The predicted molar refractivity (Wildman–Crippen MR) is 66.9 cm³/mol. The number of hydrazine groups is 1. The van der Waals surface area contributed by atoms with E-state index in [0.29, 0.717) is 13.2 Å². The highest BCUT2D eigenvalue weighted by Crippen LogP contribution is 2.11. The van der Waals surface area contributed by atoms with Crippen LogP contribution in [0.15, 0.2) is 36.9 Å². The quantitative estimate of drug-likeness (QED) is 0.246. The Hall–Kier alpha value is -1.65. The first-order valence-corrected chi connectivity index (χ1v) is 5.52. The van der Waals surface area contributed by atoms with Gasteiger partial charge in [0.2, 0.25) is 5.91 Å². The van der Waals surface area contributed by atoms with E-state index in [-0.39, 0.29) is 12.3 Å². The van der Waals surface area contributed by atoms with Crippen molar-refractivity contribution in [2.75, 3.05) is 6.61 Å². The lowest BCUT2D eigenvalue weighted by atomic mass is 10.1. The Kier molecular flexibility index (Phi) is 5.99. The van der Waals surface area contributed by atoms with Crippen molar-refractivity contribution >= 4 is 5.91 Å². The molecule has 1 aromatic carbocycles. The number of carbonyl (C=O) groups excluding carboxylic acids is 1. The van der Waals surface area contributed by atoms with E-state index < -0.39 is 0 Å². The number of amides is 1. The van der Waals surface area contributed by atoms with Crippen LogP contribution >= 0.6 is 0 Å². The third kappa shape index (κ3) is 4.80. The summed E-state index contributed by atoms with van der Waals surface area (Å²) in [5.41, 5.74) is 4.08. The normalized spacial score (nSPS) is 9.94. The maximum atomic E-state index is 11.2. The molecule has 0 radical (unpaired) electrons. The number of carbonyl (C=O) groups is 1. The molecule has 4 heteroatoms. The highest BCUT2D eigenvalue weighted by atomic mass is 16.5. The molecule has 17 heavy (non-hydrogen) atoms. The fraction of sp³-hybridized carbons (Fsp3) is 0.308. The zero-order valence-corrected chi connectivity index (χ0v) is 9.82. The molecule has 0 aliphatic carbocycles. The Balaban J connectivity index is 2.57. The van der Waals surface area contributed by atoms with Crippen LogP contribution in [0.5, 0.6) is 0 Å². The number of hydrogen-bond acceptors (Lipinski definition) is 3. The lowest BCUT2D eigenvalue weighted by molar-refractivity contribution is -0.120. The average Bonchev–Trinajstić information content (AvgIpc) is 2.36. The van der Waals surface area contributed by atoms with Gasteiger partial charge in [-0.2, -0.15) is 0 Å². The monoisotopic (exact) mass is 234 g/mol. The molecule has 1 rings (SSSR count). The number of benzene rings is 1. The lowest BCUT2D eigenvalue weighted by Gasteiger charge is -2.09. The van der Waals surface area contributed by atoms with Crippen LogP contribution in [0.4, 0.5) is 0 Å². The summed E-state index contributed by atoms with van der Waals surface area (Å²) in [6.07, 6.45) is 2.91. The molecule has 0 aliphatic heterocycles. The maximum absolute atomic E-state index is 11.2. The Morgan fingerprint density at radius 2 is 2.12 bits per heavy atom. The molecule has 0 aromatic heterocycles. The first kappa shape index (κ1) is 13.4. The van der Waals surface area contributed by atoms with Gasteiger partial charge in [0.25, 0.3) is 0 Å². The van der Waals surface area contributed by atoms with Crippen molar-refractivity contribution < 1.29 is 9.53 Å². The van der Waals surface area contributed by atoms with Crippen molar-refractivity contribution in [2.45, 2.75) is 19.4 Å². The molecule has 3 N–H and O–H groups in total. The van der Waals surface area contributed by atoms with Gasteiger partial charge in [-0.3, -0.25) is 10.2 Å². The van der Waals surface area contributed by atoms with Crippen LogP contribution in [0.25, 0.3) is 0 Å². The van der Waals surface area contributed by atoms with E-state index in [1.54, 1.807) is 0 Å². The van der Waals surface area contributed by atoms with Gasteiger partial charge < -0.3 is 4.74 Å². The van der Waals surface area contributed by atoms with Crippen molar-refractivity contribution in [1.29, 1.82) is 0 Å². The van der Waals surface area contributed by atoms with Crippen molar-refractivity contribution in [1.82, 2.24) is 5.43 Å². The van der Waals surface area contributed by atoms with E-state index in [0.717, 1.165) is 17.5 Å². The molecule has 1 aromatic rings. The zero-order valence-electron chi connectivity index (χ0n) is 9.82. The van der Waals surface area contributed by atoms with Gasteiger partial charge in [0, 0.05) is 0 Å². The lowest BCUT2D eigenvalue weighted by Crippen LogP contribution is -2.31. The highest BCUT2D eigenvalue weighted by Gasteiger charge is 2.06. The van der Waals surface area contributed by atoms with Crippen molar-refractivity contribution in [3.63, 3.8) is 0 Å². The number of rotatable bonds is 7. The largest absolute Gasteiger partial charge is 0.376 e. The number of hydrogen-bond donors (Lipinski definition) is 2. The summed E-state index contributed by atoms with van der Waals surface area (Å²) in [5.74, 6) is 4.86. The fourth-order valence-electron chi connectivity index (χ4n) is 1.44. The average molecular weight is 234 g/mol. The minimum absolute atomic E-state index is 0.205. The summed E-state index contributed by atoms with van der Waals surface area (Å²) < 4.78 is 5.48. The van der Waals surface area contributed by atoms with Crippen LogP contribution in [0.2, 0.25) is 0 Å². The topological polar surface area (TPSA) is 64.3 Å². The van der Waals surface area contributed by atoms with Crippen molar-refractivity contribution in [3.8, 4) is 0 Å². The molecule has 0 bridgehead atoms. The van der Waals surface area contributed by atoms with Gasteiger partial charge in [-0.15, -0.1) is 6.58 Å². The highest BCUT2D eigenvalue weighted by molar-refractivity contribution is 5.78. The van der Waals surface area contributed by atoms with Crippen LogP contribution in [-0.4, -0.2) is 12.5 Å². The van der Waals surface area contributed by atoms with Crippen LogP contribution in [-0.2, 0) is 22.6 Å². The zero-order chi connectivity index (χ0) is 12.5. The molecule has 92 valence electrons. The molecule has 0 spiro atoms. The fourth-order valence-corrected chi connectivity index (χ4v) is 1.44. The van der Waals surface area contributed by atoms with Crippen LogP contribution in [0, 0.1) is 0 Å². The third-order valence-corrected chi connectivity index (χ3v) is 2.35. The van der Waals surface area contributed by atoms with Gasteiger partial charge in [-0.05, 0) is 17.5 Å². The maximum Gasteiger partial charge on any atom is 0.238 e. The summed E-state index contributed by atoms with van der Waals surface area (Å²) in [7, 11) is 0. The summed E-state index contributed by atoms with van der Waals surface area (Å²) >= 11 is 0. The van der Waals surface area contributed by atoms with E-state index in [2.05, 4.69) is 12.0 Å². The second-order valence-electron chi connectivity index (χ2n) is 3.64. The van der Waals surface area contributed by atoms with E-state index in [1.165, 1.54) is 0 Å². The molecule has 0 saturated carbocycles. The van der Waals surface area contributed by atoms with Gasteiger partial charge in [0.15, 0.2) is 0 Å². The SMILES string of the molecule is C=CCCOCc1ccccc1CC(=O)NN. The first-order chi connectivity index (χ1) is 8.27. The minimum Gasteiger partial charge on any atom is -0.376 e.